The fourth-order valence-electron chi connectivity index (χ4n) is 3.18. The summed E-state index contributed by atoms with van der Waals surface area (Å²) in [4.78, 5) is 12.2. The van der Waals surface area contributed by atoms with E-state index in [1.165, 1.54) is 16.3 Å². The van der Waals surface area contributed by atoms with E-state index in [4.69, 9.17) is 0 Å². The van der Waals surface area contributed by atoms with E-state index in [1.54, 1.807) is 0 Å². The number of aromatic nitrogens is 4. The monoisotopic (exact) mass is 485 g/mol. The molecule has 2 heterocycles. The molecule has 1 amide bonds. The van der Waals surface area contributed by atoms with E-state index < -0.39 is 0 Å². The van der Waals surface area contributed by atoms with Gasteiger partial charge in [-0.1, -0.05) is 42.5 Å². The number of aryl methyl sites for hydroxylation is 1. The summed E-state index contributed by atoms with van der Waals surface area (Å²) < 4.78 is 4.79. The van der Waals surface area contributed by atoms with Crippen molar-refractivity contribution >= 4 is 45.1 Å². The van der Waals surface area contributed by atoms with Crippen molar-refractivity contribution in [2.75, 3.05) is 5.32 Å². The van der Waals surface area contributed by atoms with Crippen LogP contribution in [0.2, 0.25) is 0 Å². The topological polar surface area (TPSA) is 64.7 Å². The maximum atomic E-state index is 12.2. The van der Waals surface area contributed by atoms with E-state index in [1.807, 2.05) is 46.9 Å². The predicted molar refractivity (Wildman–Crippen MR) is 118 cm³/mol. The molecule has 0 atom stereocenters. The molecule has 0 unspecified atom stereocenters. The molecule has 0 aliphatic rings. The number of anilines is 1. The van der Waals surface area contributed by atoms with Crippen LogP contribution in [0.15, 0.2) is 60.9 Å². The molecule has 0 saturated carbocycles. The highest BCUT2D eigenvalue weighted by Crippen LogP contribution is 2.19. The normalized spacial score (nSPS) is 11.1. The highest BCUT2D eigenvalue weighted by atomic mass is 127. The molecule has 0 saturated heterocycles. The van der Waals surface area contributed by atoms with Crippen molar-refractivity contribution in [2.45, 2.75) is 26.4 Å². The first kappa shape index (κ1) is 18.7. The van der Waals surface area contributed by atoms with Crippen LogP contribution in [0.1, 0.15) is 17.7 Å². The zero-order chi connectivity index (χ0) is 19.5. The average molecular weight is 485 g/mol. The molecule has 0 aliphatic heterocycles. The highest BCUT2D eigenvalue weighted by Gasteiger charge is 2.09. The molecule has 0 aliphatic carbocycles. The van der Waals surface area contributed by atoms with Crippen molar-refractivity contribution in [1.82, 2.24) is 19.6 Å². The lowest BCUT2D eigenvalue weighted by atomic mass is 10.0. The predicted octanol–water partition coefficient (Wildman–Crippen LogP) is 4.22. The third kappa shape index (κ3) is 4.09. The Bertz CT molecular complexity index is 1130. The van der Waals surface area contributed by atoms with Crippen molar-refractivity contribution in [2.24, 2.45) is 0 Å². The van der Waals surface area contributed by atoms with Gasteiger partial charge in [0.05, 0.1) is 22.9 Å². The SMILES string of the molecule is Cc1c(I)cnn1CCC(=O)Nc1ccn(Cc2cccc3ccccc23)n1. The minimum atomic E-state index is -0.0691. The second-order valence-electron chi connectivity index (χ2n) is 6.64. The van der Waals surface area contributed by atoms with Crippen molar-refractivity contribution in [3.05, 3.63) is 75.8 Å². The molecular formula is C21H20IN5O. The lowest BCUT2D eigenvalue weighted by molar-refractivity contribution is -0.116. The van der Waals surface area contributed by atoms with Gasteiger partial charge < -0.3 is 5.32 Å². The molecule has 1 N–H and O–H groups in total. The second kappa shape index (κ2) is 8.14. The van der Waals surface area contributed by atoms with Gasteiger partial charge in [-0.3, -0.25) is 14.2 Å². The van der Waals surface area contributed by atoms with Crippen LogP contribution in [-0.4, -0.2) is 25.5 Å². The number of benzene rings is 2. The van der Waals surface area contributed by atoms with Crippen LogP contribution in [0.5, 0.6) is 0 Å². The molecule has 4 rings (SSSR count). The van der Waals surface area contributed by atoms with E-state index in [9.17, 15) is 4.79 Å². The van der Waals surface area contributed by atoms with Gasteiger partial charge in [-0.15, -0.1) is 0 Å². The average Bonchev–Trinajstić information content (AvgIpc) is 3.27. The van der Waals surface area contributed by atoms with Crippen LogP contribution in [0, 0.1) is 10.5 Å². The third-order valence-electron chi connectivity index (χ3n) is 4.71. The molecule has 0 fully saturated rings. The molecule has 28 heavy (non-hydrogen) atoms. The first-order valence-corrected chi connectivity index (χ1v) is 10.2. The summed E-state index contributed by atoms with van der Waals surface area (Å²) in [7, 11) is 0. The fourth-order valence-corrected chi connectivity index (χ4v) is 3.59. The Morgan fingerprint density at radius 3 is 2.79 bits per heavy atom. The van der Waals surface area contributed by atoms with E-state index in [-0.39, 0.29) is 5.91 Å². The Labute approximate surface area is 176 Å². The summed E-state index contributed by atoms with van der Waals surface area (Å²) in [5, 5.41) is 14.1. The van der Waals surface area contributed by atoms with Crippen LogP contribution in [0.4, 0.5) is 5.82 Å². The number of hydrogen-bond acceptors (Lipinski definition) is 3. The Kier molecular flexibility index (Phi) is 5.43. The van der Waals surface area contributed by atoms with Crippen LogP contribution >= 0.6 is 22.6 Å². The smallest absolute Gasteiger partial charge is 0.227 e. The number of amides is 1. The van der Waals surface area contributed by atoms with Gasteiger partial charge in [-0.05, 0) is 45.9 Å². The van der Waals surface area contributed by atoms with E-state index in [0.29, 0.717) is 25.3 Å². The summed E-state index contributed by atoms with van der Waals surface area (Å²) in [6.45, 7) is 3.21. The molecule has 2 aromatic carbocycles. The molecule has 7 heteroatoms. The summed E-state index contributed by atoms with van der Waals surface area (Å²) in [5.41, 5.74) is 2.27. The van der Waals surface area contributed by atoms with Crippen molar-refractivity contribution in [3.8, 4) is 0 Å². The fraction of sp³-hybridized carbons (Fsp3) is 0.190. The quantitative estimate of drug-likeness (QED) is 0.416. The standard InChI is InChI=1S/C21H20IN5O/c1-15-19(22)13-23-27(15)12-10-21(28)24-20-9-11-26(25-20)14-17-7-4-6-16-5-2-3-8-18(16)17/h2-9,11,13H,10,12,14H2,1H3,(H,24,25,28). The van der Waals surface area contributed by atoms with E-state index in [0.717, 1.165) is 9.26 Å². The number of nitrogens with one attached hydrogen (secondary N) is 1. The zero-order valence-corrected chi connectivity index (χ0v) is 17.6. The summed E-state index contributed by atoms with van der Waals surface area (Å²) >= 11 is 2.24. The van der Waals surface area contributed by atoms with Gasteiger partial charge in [0, 0.05) is 24.4 Å². The number of halogens is 1. The first-order valence-electron chi connectivity index (χ1n) is 9.08. The third-order valence-corrected chi connectivity index (χ3v) is 5.77. The van der Waals surface area contributed by atoms with Crippen molar-refractivity contribution in [3.63, 3.8) is 0 Å². The van der Waals surface area contributed by atoms with E-state index >= 15 is 0 Å². The number of rotatable bonds is 6. The molecule has 6 nitrogen and oxygen atoms in total. The van der Waals surface area contributed by atoms with Crippen LogP contribution < -0.4 is 5.32 Å². The van der Waals surface area contributed by atoms with Crippen molar-refractivity contribution < 1.29 is 4.79 Å². The van der Waals surface area contributed by atoms with E-state index in [2.05, 4.69) is 68.4 Å². The Balaban J connectivity index is 1.39. The van der Waals surface area contributed by atoms with Gasteiger partial charge in [-0.25, -0.2) is 0 Å². The van der Waals surface area contributed by atoms with Gasteiger partial charge in [0.15, 0.2) is 5.82 Å². The number of fused-ring (bicyclic) bond motifs is 1. The number of nitrogens with zero attached hydrogens (tertiary/aromatic N) is 4. The lowest BCUT2D eigenvalue weighted by Gasteiger charge is -2.07. The van der Waals surface area contributed by atoms with Crippen LogP contribution in [0.25, 0.3) is 10.8 Å². The van der Waals surface area contributed by atoms with Gasteiger partial charge in [0.25, 0.3) is 0 Å². The van der Waals surface area contributed by atoms with Crippen molar-refractivity contribution in [1.29, 1.82) is 0 Å². The number of carbonyl (C=O) groups is 1. The molecular weight excluding hydrogens is 465 g/mol. The van der Waals surface area contributed by atoms with Gasteiger partial charge in [0.2, 0.25) is 5.91 Å². The Hall–Kier alpha value is -2.68. The molecule has 4 aromatic rings. The highest BCUT2D eigenvalue weighted by molar-refractivity contribution is 14.1. The Morgan fingerprint density at radius 2 is 1.96 bits per heavy atom. The lowest BCUT2D eigenvalue weighted by Crippen LogP contribution is -2.16. The molecule has 142 valence electrons. The molecule has 0 radical (unpaired) electrons. The minimum absolute atomic E-state index is 0.0691. The number of hydrogen-bond donors (Lipinski definition) is 1. The second-order valence-corrected chi connectivity index (χ2v) is 7.80. The van der Waals surface area contributed by atoms with Crippen LogP contribution in [-0.2, 0) is 17.9 Å². The van der Waals surface area contributed by atoms with Crippen LogP contribution in [0.3, 0.4) is 0 Å². The van der Waals surface area contributed by atoms with Gasteiger partial charge >= 0.3 is 0 Å². The molecule has 0 bridgehead atoms. The summed E-state index contributed by atoms with van der Waals surface area (Å²) in [6.07, 6.45) is 4.05. The minimum Gasteiger partial charge on any atom is -0.309 e. The maximum Gasteiger partial charge on any atom is 0.227 e. The Morgan fingerprint density at radius 1 is 1.14 bits per heavy atom. The summed E-state index contributed by atoms with van der Waals surface area (Å²) in [6, 6.07) is 16.4. The first-order chi connectivity index (χ1) is 13.6. The van der Waals surface area contributed by atoms with Gasteiger partial charge in [-0.2, -0.15) is 10.2 Å². The maximum absolute atomic E-state index is 12.2. The number of carbonyl (C=O) groups excluding carboxylic acids is 1. The molecule has 0 spiro atoms. The largest absolute Gasteiger partial charge is 0.309 e. The van der Waals surface area contributed by atoms with Gasteiger partial charge in [0.1, 0.15) is 0 Å². The zero-order valence-electron chi connectivity index (χ0n) is 15.5. The summed E-state index contributed by atoms with van der Waals surface area (Å²) in [5.74, 6) is 0.498. The molecule has 2 aromatic heterocycles.